The van der Waals surface area contributed by atoms with Crippen LogP contribution >= 0.6 is 0 Å². The maximum absolute atomic E-state index is 13.4. The first-order valence-electron chi connectivity index (χ1n) is 8.86. The number of benzene rings is 2. The number of nitrogens with two attached hydrogens (primary N) is 1. The van der Waals surface area contributed by atoms with Gasteiger partial charge in [0.15, 0.2) is 17.2 Å². The summed E-state index contributed by atoms with van der Waals surface area (Å²) < 4.78 is 5.93. The highest BCUT2D eigenvalue weighted by Crippen LogP contribution is 2.43. The minimum absolute atomic E-state index is 0.161. The molecule has 3 aromatic rings. The molecule has 1 aliphatic heterocycles. The SMILES string of the molecule is CC1(C)Oc2ccc(N)nc2N(C(c2ccccc2)c2ccccc2)C1=O. The molecule has 5 heteroatoms. The Morgan fingerprint density at radius 3 is 2.04 bits per heavy atom. The molecule has 27 heavy (non-hydrogen) atoms. The molecule has 2 heterocycles. The second-order valence-electron chi connectivity index (χ2n) is 7.07. The largest absolute Gasteiger partial charge is 0.474 e. The lowest BCUT2D eigenvalue weighted by atomic mass is 9.94. The lowest BCUT2D eigenvalue weighted by Crippen LogP contribution is -2.54. The molecule has 4 rings (SSSR count). The Morgan fingerprint density at radius 2 is 1.48 bits per heavy atom. The Labute approximate surface area is 158 Å². The van der Waals surface area contributed by atoms with Gasteiger partial charge in [-0.25, -0.2) is 4.98 Å². The van der Waals surface area contributed by atoms with Crippen LogP contribution in [0.1, 0.15) is 31.0 Å². The van der Waals surface area contributed by atoms with Gasteiger partial charge in [-0.1, -0.05) is 60.7 Å². The lowest BCUT2D eigenvalue weighted by molar-refractivity contribution is -0.133. The predicted molar refractivity (Wildman–Crippen MR) is 106 cm³/mol. The molecule has 0 aliphatic carbocycles. The highest BCUT2D eigenvalue weighted by molar-refractivity contribution is 6.02. The molecule has 0 unspecified atom stereocenters. The number of hydrogen-bond acceptors (Lipinski definition) is 4. The zero-order chi connectivity index (χ0) is 19.0. The van der Waals surface area contributed by atoms with E-state index >= 15 is 0 Å². The maximum Gasteiger partial charge on any atom is 0.272 e. The van der Waals surface area contributed by atoms with Gasteiger partial charge >= 0.3 is 0 Å². The van der Waals surface area contributed by atoms with Crippen LogP contribution in [-0.4, -0.2) is 16.5 Å². The number of amides is 1. The van der Waals surface area contributed by atoms with Crippen LogP contribution in [0.5, 0.6) is 5.75 Å². The summed E-state index contributed by atoms with van der Waals surface area (Å²) in [5.41, 5.74) is 6.90. The van der Waals surface area contributed by atoms with E-state index in [9.17, 15) is 4.79 Å². The molecule has 0 radical (unpaired) electrons. The fraction of sp³-hybridized carbons (Fsp3) is 0.182. The summed E-state index contributed by atoms with van der Waals surface area (Å²) in [5.74, 6) is 1.17. The van der Waals surface area contributed by atoms with E-state index < -0.39 is 5.60 Å². The summed E-state index contributed by atoms with van der Waals surface area (Å²) >= 11 is 0. The second kappa shape index (κ2) is 6.43. The number of nitrogens with zero attached hydrogens (tertiary/aromatic N) is 2. The van der Waals surface area contributed by atoms with Gasteiger partial charge in [0.2, 0.25) is 0 Å². The van der Waals surface area contributed by atoms with Gasteiger partial charge in [-0.05, 0) is 37.1 Å². The van der Waals surface area contributed by atoms with Crippen LogP contribution in [0.15, 0.2) is 72.8 Å². The third-order valence-corrected chi connectivity index (χ3v) is 4.68. The lowest BCUT2D eigenvalue weighted by Gasteiger charge is -2.42. The predicted octanol–water partition coefficient (Wildman–Crippen LogP) is 3.96. The quantitative estimate of drug-likeness (QED) is 0.769. The van der Waals surface area contributed by atoms with Gasteiger partial charge in [0.1, 0.15) is 5.82 Å². The van der Waals surface area contributed by atoms with Crippen molar-refractivity contribution in [1.82, 2.24) is 4.98 Å². The molecule has 1 aliphatic rings. The minimum Gasteiger partial charge on any atom is -0.474 e. The van der Waals surface area contributed by atoms with Crippen LogP contribution in [0.3, 0.4) is 0 Å². The van der Waals surface area contributed by atoms with Crippen molar-refractivity contribution >= 4 is 17.5 Å². The molecule has 136 valence electrons. The summed E-state index contributed by atoms with van der Waals surface area (Å²) in [6.45, 7) is 3.54. The van der Waals surface area contributed by atoms with Crippen molar-refractivity contribution in [3.8, 4) is 5.75 Å². The summed E-state index contributed by atoms with van der Waals surface area (Å²) in [6, 6.07) is 23.0. The standard InChI is InChI=1S/C22H21N3O2/c1-22(2)21(26)25(20-17(27-22)13-14-18(23)24-20)19(15-9-5-3-6-10-15)16-11-7-4-8-12-16/h3-14,19H,1-2H3,(H2,23,24). The molecule has 1 aromatic heterocycles. The number of pyridine rings is 1. The van der Waals surface area contributed by atoms with Gasteiger partial charge < -0.3 is 10.5 Å². The minimum atomic E-state index is -1.01. The van der Waals surface area contributed by atoms with E-state index in [1.807, 2.05) is 60.7 Å². The van der Waals surface area contributed by atoms with E-state index in [4.69, 9.17) is 10.5 Å². The van der Waals surface area contributed by atoms with Crippen molar-refractivity contribution < 1.29 is 9.53 Å². The van der Waals surface area contributed by atoms with Gasteiger partial charge in [0.05, 0.1) is 6.04 Å². The third-order valence-electron chi connectivity index (χ3n) is 4.68. The van der Waals surface area contributed by atoms with Crippen LogP contribution in [0, 0.1) is 0 Å². The number of hydrogen-bond donors (Lipinski definition) is 1. The monoisotopic (exact) mass is 359 g/mol. The number of ether oxygens (including phenoxy) is 1. The fourth-order valence-corrected chi connectivity index (χ4v) is 3.41. The topological polar surface area (TPSA) is 68.5 Å². The number of carbonyl (C=O) groups excluding carboxylic acids is 1. The van der Waals surface area contributed by atoms with Crippen molar-refractivity contribution in [2.24, 2.45) is 0 Å². The Balaban J connectivity index is 1.96. The summed E-state index contributed by atoms with van der Waals surface area (Å²) in [5, 5.41) is 0. The maximum atomic E-state index is 13.4. The molecule has 1 amide bonds. The molecule has 5 nitrogen and oxygen atoms in total. The van der Waals surface area contributed by atoms with Crippen LogP contribution < -0.4 is 15.4 Å². The summed E-state index contributed by atoms with van der Waals surface area (Å²) in [7, 11) is 0. The van der Waals surface area contributed by atoms with Crippen LogP contribution in [-0.2, 0) is 4.79 Å². The molecule has 0 saturated carbocycles. The third kappa shape index (κ3) is 3.01. The number of rotatable bonds is 3. The van der Waals surface area contributed by atoms with E-state index in [1.54, 1.807) is 30.9 Å². The first kappa shape index (κ1) is 17.1. The van der Waals surface area contributed by atoms with E-state index in [0.29, 0.717) is 17.4 Å². The normalized spacial score (nSPS) is 15.4. The zero-order valence-corrected chi connectivity index (χ0v) is 15.3. The van der Waals surface area contributed by atoms with Gasteiger partial charge in [-0.2, -0.15) is 0 Å². The summed E-state index contributed by atoms with van der Waals surface area (Å²) in [6.07, 6.45) is 0. The Kier molecular flexibility index (Phi) is 4.07. The smallest absolute Gasteiger partial charge is 0.272 e. The van der Waals surface area contributed by atoms with Gasteiger partial charge in [-0.15, -0.1) is 0 Å². The van der Waals surface area contributed by atoms with Gasteiger partial charge in [0.25, 0.3) is 5.91 Å². The van der Waals surface area contributed by atoms with E-state index in [1.165, 1.54) is 0 Å². The first-order valence-corrected chi connectivity index (χ1v) is 8.86. The number of anilines is 2. The second-order valence-corrected chi connectivity index (χ2v) is 7.07. The molecular weight excluding hydrogens is 338 g/mol. The highest BCUT2D eigenvalue weighted by Gasteiger charge is 2.45. The zero-order valence-electron chi connectivity index (χ0n) is 15.3. The Hall–Kier alpha value is -3.34. The molecule has 0 saturated heterocycles. The molecule has 0 spiro atoms. The molecule has 0 bridgehead atoms. The van der Waals surface area contributed by atoms with Gasteiger partial charge in [-0.3, -0.25) is 9.69 Å². The number of nitrogen functional groups attached to an aromatic ring is 1. The van der Waals surface area contributed by atoms with Crippen LogP contribution in [0.2, 0.25) is 0 Å². The van der Waals surface area contributed by atoms with Crippen molar-refractivity contribution in [2.45, 2.75) is 25.5 Å². The number of fused-ring (bicyclic) bond motifs is 1. The number of carbonyl (C=O) groups is 1. The van der Waals surface area contributed by atoms with E-state index in [2.05, 4.69) is 4.98 Å². The molecule has 2 N–H and O–H groups in total. The van der Waals surface area contributed by atoms with Crippen LogP contribution in [0.25, 0.3) is 0 Å². The van der Waals surface area contributed by atoms with Crippen molar-refractivity contribution in [1.29, 1.82) is 0 Å². The number of aromatic nitrogens is 1. The Bertz CT molecular complexity index is 932. The van der Waals surface area contributed by atoms with Crippen molar-refractivity contribution in [2.75, 3.05) is 10.6 Å². The average molecular weight is 359 g/mol. The van der Waals surface area contributed by atoms with Crippen LogP contribution in [0.4, 0.5) is 11.6 Å². The van der Waals surface area contributed by atoms with Gasteiger partial charge in [0, 0.05) is 0 Å². The molecule has 0 atom stereocenters. The van der Waals surface area contributed by atoms with E-state index in [-0.39, 0.29) is 11.9 Å². The molecule has 0 fully saturated rings. The average Bonchev–Trinajstić information content (AvgIpc) is 2.67. The Morgan fingerprint density at radius 1 is 0.926 bits per heavy atom. The molecular formula is C22H21N3O2. The van der Waals surface area contributed by atoms with Crippen molar-refractivity contribution in [3.05, 3.63) is 83.9 Å². The summed E-state index contributed by atoms with van der Waals surface area (Å²) in [4.78, 5) is 19.6. The molecule has 2 aromatic carbocycles. The fourth-order valence-electron chi connectivity index (χ4n) is 3.41. The van der Waals surface area contributed by atoms with E-state index in [0.717, 1.165) is 11.1 Å². The van der Waals surface area contributed by atoms with Crippen molar-refractivity contribution in [3.63, 3.8) is 0 Å². The highest BCUT2D eigenvalue weighted by atomic mass is 16.5. The first-order chi connectivity index (χ1) is 13.0.